The normalized spacial score (nSPS) is 21.0. The molecule has 1 fully saturated rings. The van der Waals surface area contributed by atoms with Crippen LogP contribution >= 0.6 is 0 Å². The molecule has 0 spiro atoms. The minimum absolute atomic E-state index is 0.433. The minimum Gasteiger partial charge on any atom is -0.381 e. The molecule has 2 atom stereocenters. The molecular weight excluding hydrogens is 200 g/mol. The van der Waals surface area contributed by atoms with Crippen LogP contribution in [0, 0.1) is 0 Å². The van der Waals surface area contributed by atoms with Crippen LogP contribution in [-0.4, -0.2) is 25.9 Å². The number of methoxy groups -OCH3 is 1. The lowest BCUT2D eigenvalue weighted by molar-refractivity contribution is 0.0785. The van der Waals surface area contributed by atoms with Crippen LogP contribution in [0.15, 0.2) is 0 Å². The van der Waals surface area contributed by atoms with E-state index in [0.717, 1.165) is 13.0 Å². The first-order valence-electron chi connectivity index (χ1n) is 7.01. The molecule has 0 aromatic rings. The van der Waals surface area contributed by atoms with Crippen molar-refractivity contribution in [1.29, 1.82) is 0 Å². The third-order valence-corrected chi connectivity index (χ3v) is 3.39. The van der Waals surface area contributed by atoms with E-state index in [2.05, 4.69) is 6.92 Å². The van der Waals surface area contributed by atoms with Crippen molar-refractivity contribution in [2.24, 2.45) is 0 Å². The van der Waals surface area contributed by atoms with E-state index < -0.39 is 0 Å². The highest BCUT2D eigenvalue weighted by atomic mass is 16.6. The van der Waals surface area contributed by atoms with E-state index >= 15 is 0 Å². The van der Waals surface area contributed by atoms with Crippen molar-refractivity contribution in [3.8, 4) is 0 Å². The van der Waals surface area contributed by atoms with E-state index in [0.29, 0.717) is 12.2 Å². The highest BCUT2D eigenvalue weighted by molar-refractivity contribution is 4.74. The predicted octanol–water partition coefficient (Wildman–Crippen LogP) is 3.93. The first-order chi connectivity index (χ1) is 7.86. The summed E-state index contributed by atoms with van der Waals surface area (Å²) in [5.74, 6) is 0. The van der Waals surface area contributed by atoms with E-state index in [1.807, 2.05) is 7.11 Å². The predicted molar refractivity (Wildman–Crippen MR) is 67.8 cm³/mol. The second-order valence-corrected chi connectivity index (χ2v) is 4.96. The van der Waals surface area contributed by atoms with Gasteiger partial charge in [-0.1, -0.05) is 51.9 Å². The molecule has 16 heavy (non-hydrogen) atoms. The molecule has 1 rings (SSSR count). The summed E-state index contributed by atoms with van der Waals surface area (Å²) in [6.45, 7) is 3.22. The Hall–Kier alpha value is -0.0800. The number of rotatable bonds is 11. The molecule has 0 aliphatic carbocycles. The van der Waals surface area contributed by atoms with Crippen molar-refractivity contribution in [1.82, 2.24) is 0 Å². The van der Waals surface area contributed by atoms with Gasteiger partial charge in [0.05, 0.1) is 18.8 Å². The Bertz CT molecular complexity index is 155. The first-order valence-corrected chi connectivity index (χ1v) is 7.01. The topological polar surface area (TPSA) is 21.8 Å². The Morgan fingerprint density at radius 1 is 1.12 bits per heavy atom. The van der Waals surface area contributed by atoms with Crippen LogP contribution in [0.1, 0.15) is 64.7 Å². The van der Waals surface area contributed by atoms with E-state index in [1.54, 1.807) is 0 Å². The number of unbranched alkanes of at least 4 members (excludes halogenated alkanes) is 6. The van der Waals surface area contributed by atoms with Gasteiger partial charge in [0.15, 0.2) is 0 Å². The summed E-state index contributed by atoms with van der Waals surface area (Å²) in [7, 11) is 1.83. The highest BCUT2D eigenvalue weighted by Gasteiger charge is 2.26. The van der Waals surface area contributed by atoms with Crippen LogP contribution in [-0.2, 0) is 9.47 Å². The molecule has 1 aliphatic rings. The molecule has 0 radical (unpaired) electrons. The fourth-order valence-electron chi connectivity index (χ4n) is 2.16. The van der Waals surface area contributed by atoms with Gasteiger partial charge in [0.2, 0.25) is 0 Å². The van der Waals surface area contributed by atoms with Gasteiger partial charge in [0.25, 0.3) is 0 Å². The van der Waals surface area contributed by atoms with Crippen molar-refractivity contribution in [3.05, 3.63) is 0 Å². The van der Waals surface area contributed by atoms with Gasteiger partial charge in [-0.2, -0.15) is 0 Å². The van der Waals surface area contributed by atoms with E-state index in [9.17, 15) is 0 Å². The molecule has 0 amide bonds. The molecule has 96 valence electrons. The van der Waals surface area contributed by atoms with Crippen molar-refractivity contribution >= 4 is 0 Å². The average Bonchev–Trinajstić information content (AvgIpc) is 3.10. The summed E-state index contributed by atoms with van der Waals surface area (Å²) in [6.07, 6.45) is 12.9. The van der Waals surface area contributed by atoms with Gasteiger partial charge in [0, 0.05) is 13.5 Å². The molecule has 0 N–H and O–H groups in total. The summed E-state index contributed by atoms with van der Waals surface area (Å²) in [4.78, 5) is 0. The standard InChI is InChI=1S/C14H28O2/c1-3-4-5-6-7-8-9-10-13(15-2)11-14-12-16-14/h13-14H,3-12H2,1-2H3. The Balaban J connectivity index is 1.84. The first kappa shape index (κ1) is 14.0. The third kappa shape index (κ3) is 7.24. The van der Waals surface area contributed by atoms with Gasteiger partial charge in [0.1, 0.15) is 0 Å². The molecule has 0 saturated carbocycles. The van der Waals surface area contributed by atoms with Crippen molar-refractivity contribution < 1.29 is 9.47 Å². The summed E-state index contributed by atoms with van der Waals surface area (Å²) < 4.78 is 10.7. The van der Waals surface area contributed by atoms with Gasteiger partial charge in [-0.15, -0.1) is 0 Å². The lowest BCUT2D eigenvalue weighted by Crippen LogP contribution is -2.13. The average molecular weight is 228 g/mol. The van der Waals surface area contributed by atoms with Crippen LogP contribution in [0.3, 0.4) is 0 Å². The van der Waals surface area contributed by atoms with Gasteiger partial charge in [-0.05, 0) is 6.42 Å². The zero-order chi connectivity index (χ0) is 11.6. The fraction of sp³-hybridized carbons (Fsp3) is 1.00. The van der Waals surface area contributed by atoms with Crippen LogP contribution in [0.25, 0.3) is 0 Å². The monoisotopic (exact) mass is 228 g/mol. The Labute approximate surface area is 101 Å². The molecule has 1 aliphatic heterocycles. The second-order valence-electron chi connectivity index (χ2n) is 4.96. The molecule has 2 unspecified atom stereocenters. The Morgan fingerprint density at radius 2 is 1.75 bits per heavy atom. The maximum absolute atomic E-state index is 5.47. The smallest absolute Gasteiger partial charge is 0.0834 e. The Morgan fingerprint density at radius 3 is 2.31 bits per heavy atom. The molecule has 1 heterocycles. The lowest BCUT2D eigenvalue weighted by atomic mass is 10.0. The van der Waals surface area contributed by atoms with Gasteiger partial charge < -0.3 is 9.47 Å². The number of epoxide rings is 1. The van der Waals surface area contributed by atoms with Crippen LogP contribution < -0.4 is 0 Å². The minimum atomic E-state index is 0.433. The zero-order valence-corrected chi connectivity index (χ0v) is 11.0. The van der Waals surface area contributed by atoms with Crippen LogP contribution in [0.5, 0.6) is 0 Å². The fourth-order valence-corrected chi connectivity index (χ4v) is 2.16. The van der Waals surface area contributed by atoms with Crippen molar-refractivity contribution in [2.45, 2.75) is 76.9 Å². The largest absolute Gasteiger partial charge is 0.381 e. The van der Waals surface area contributed by atoms with E-state index in [-0.39, 0.29) is 0 Å². The van der Waals surface area contributed by atoms with Crippen LogP contribution in [0.4, 0.5) is 0 Å². The van der Waals surface area contributed by atoms with Gasteiger partial charge in [-0.3, -0.25) is 0 Å². The zero-order valence-electron chi connectivity index (χ0n) is 11.0. The third-order valence-electron chi connectivity index (χ3n) is 3.39. The SMILES string of the molecule is CCCCCCCCCC(CC1CO1)OC. The molecule has 0 aromatic heterocycles. The summed E-state index contributed by atoms with van der Waals surface area (Å²) in [5.41, 5.74) is 0. The van der Waals surface area contributed by atoms with E-state index in [4.69, 9.17) is 9.47 Å². The molecule has 2 nitrogen and oxygen atoms in total. The molecule has 2 heteroatoms. The molecule has 0 aromatic carbocycles. The van der Waals surface area contributed by atoms with Crippen LogP contribution in [0.2, 0.25) is 0 Å². The summed E-state index contributed by atoms with van der Waals surface area (Å²) >= 11 is 0. The summed E-state index contributed by atoms with van der Waals surface area (Å²) in [6, 6.07) is 0. The highest BCUT2D eigenvalue weighted by Crippen LogP contribution is 2.20. The second kappa shape index (κ2) is 9.00. The number of hydrogen-bond acceptors (Lipinski definition) is 2. The Kier molecular flexibility index (Phi) is 7.87. The van der Waals surface area contributed by atoms with Crippen molar-refractivity contribution in [3.63, 3.8) is 0 Å². The molecule has 1 saturated heterocycles. The van der Waals surface area contributed by atoms with Gasteiger partial charge in [-0.25, -0.2) is 0 Å². The molecule has 0 bridgehead atoms. The number of ether oxygens (including phenoxy) is 2. The van der Waals surface area contributed by atoms with Gasteiger partial charge >= 0.3 is 0 Å². The number of hydrogen-bond donors (Lipinski definition) is 0. The maximum Gasteiger partial charge on any atom is 0.0834 e. The maximum atomic E-state index is 5.47. The van der Waals surface area contributed by atoms with E-state index in [1.165, 1.54) is 51.4 Å². The summed E-state index contributed by atoms with van der Waals surface area (Å²) in [5, 5.41) is 0. The quantitative estimate of drug-likeness (QED) is 0.395. The molecular formula is C14H28O2. The lowest BCUT2D eigenvalue weighted by Gasteiger charge is -2.13. The van der Waals surface area contributed by atoms with Crippen molar-refractivity contribution in [2.75, 3.05) is 13.7 Å².